The van der Waals surface area contributed by atoms with Gasteiger partial charge in [0, 0.05) is 18.0 Å². The van der Waals surface area contributed by atoms with Gasteiger partial charge < -0.3 is 19.8 Å². The molecule has 0 aliphatic heterocycles. The van der Waals surface area contributed by atoms with Crippen LogP contribution < -0.4 is 10.6 Å². The Labute approximate surface area is 161 Å². The first-order valence-corrected chi connectivity index (χ1v) is 9.66. The van der Waals surface area contributed by atoms with Crippen LogP contribution >= 0.6 is 35.6 Å². The zero-order chi connectivity index (χ0) is 18.1. The van der Waals surface area contributed by atoms with Crippen LogP contribution in [0.15, 0.2) is 41.0 Å². The number of ether oxygens (including phenoxy) is 1. The van der Waals surface area contributed by atoms with Crippen molar-refractivity contribution in [3.05, 3.63) is 52.9 Å². The van der Waals surface area contributed by atoms with Crippen LogP contribution in [0, 0.1) is 0 Å². The zero-order valence-corrected chi connectivity index (χ0v) is 16.1. The maximum atomic E-state index is 11.7. The summed E-state index contributed by atoms with van der Waals surface area (Å²) >= 11 is 13.1. The van der Waals surface area contributed by atoms with Crippen LogP contribution in [0.2, 0.25) is 5.02 Å². The molecule has 0 saturated heterocycles. The smallest absolute Gasteiger partial charge is 0.339 e. The summed E-state index contributed by atoms with van der Waals surface area (Å²) in [6.07, 6.45) is 1.67. The van der Waals surface area contributed by atoms with Crippen molar-refractivity contribution >= 4 is 52.3 Å². The van der Waals surface area contributed by atoms with Crippen LogP contribution in [0.1, 0.15) is 23.0 Å². The molecule has 2 rings (SSSR count). The number of halogens is 1. The van der Waals surface area contributed by atoms with Gasteiger partial charge in [-0.1, -0.05) is 11.6 Å². The lowest BCUT2D eigenvalue weighted by atomic mass is 10.2. The Morgan fingerprint density at radius 3 is 2.92 bits per heavy atom. The van der Waals surface area contributed by atoms with E-state index in [1.54, 1.807) is 43.1 Å². The molecule has 134 valence electrons. The molecule has 5 nitrogen and oxygen atoms in total. The largest absolute Gasteiger partial charge is 0.468 e. The number of furan rings is 1. The van der Waals surface area contributed by atoms with Gasteiger partial charge in [-0.2, -0.15) is 11.8 Å². The summed E-state index contributed by atoms with van der Waals surface area (Å²) in [6, 6.07) is 8.83. The number of esters is 1. The Morgan fingerprint density at radius 1 is 1.40 bits per heavy atom. The summed E-state index contributed by atoms with van der Waals surface area (Å²) in [5, 5.41) is 6.98. The Morgan fingerprint density at radius 2 is 2.24 bits per heavy atom. The third-order valence-electron chi connectivity index (χ3n) is 3.08. The molecule has 0 radical (unpaired) electrons. The fourth-order valence-electron chi connectivity index (χ4n) is 1.95. The van der Waals surface area contributed by atoms with Gasteiger partial charge in [0.1, 0.15) is 5.76 Å². The number of anilines is 1. The Hall–Kier alpha value is -1.70. The molecule has 0 unspecified atom stereocenters. The van der Waals surface area contributed by atoms with E-state index in [-0.39, 0.29) is 0 Å². The molecule has 1 aromatic carbocycles. The number of carbonyl (C=O) groups excluding carboxylic acids is 1. The molecule has 1 heterocycles. The average Bonchev–Trinajstić information content (AvgIpc) is 3.08. The van der Waals surface area contributed by atoms with Crippen molar-refractivity contribution in [2.24, 2.45) is 0 Å². The van der Waals surface area contributed by atoms with E-state index in [0.717, 1.165) is 23.8 Å². The second kappa shape index (κ2) is 10.3. The maximum absolute atomic E-state index is 11.7. The van der Waals surface area contributed by atoms with Gasteiger partial charge >= 0.3 is 5.97 Å². The molecule has 0 amide bonds. The lowest BCUT2D eigenvalue weighted by Gasteiger charge is -2.11. The highest BCUT2D eigenvalue weighted by molar-refractivity contribution is 7.98. The normalized spacial score (nSPS) is 10.3. The number of hydrogen-bond acceptors (Lipinski definition) is 5. The minimum absolute atomic E-state index is 0.307. The molecular formula is C17H19ClN2O3S2. The van der Waals surface area contributed by atoms with Gasteiger partial charge in [-0.15, -0.1) is 0 Å². The fourth-order valence-corrected chi connectivity index (χ4v) is 3.18. The molecule has 0 bridgehead atoms. The van der Waals surface area contributed by atoms with Crippen LogP contribution in [0.25, 0.3) is 0 Å². The second-order valence-corrected chi connectivity index (χ2v) is 6.85. The number of rotatable bonds is 8. The van der Waals surface area contributed by atoms with Crippen LogP contribution in [0.3, 0.4) is 0 Å². The van der Waals surface area contributed by atoms with Crippen molar-refractivity contribution in [3.63, 3.8) is 0 Å². The van der Waals surface area contributed by atoms with E-state index in [0.29, 0.717) is 28.0 Å². The Balaban J connectivity index is 1.72. The summed E-state index contributed by atoms with van der Waals surface area (Å²) in [7, 11) is 0. The molecule has 1 aromatic heterocycles. The summed E-state index contributed by atoms with van der Waals surface area (Å²) in [5.41, 5.74) is 1.04. The average molecular weight is 399 g/mol. The number of hydrogen-bond donors (Lipinski definition) is 2. The van der Waals surface area contributed by atoms with E-state index >= 15 is 0 Å². The molecular weight excluding hydrogens is 380 g/mol. The molecule has 8 heteroatoms. The number of nitrogens with one attached hydrogen (secondary N) is 2. The molecule has 0 aliphatic rings. The molecule has 25 heavy (non-hydrogen) atoms. The van der Waals surface area contributed by atoms with Gasteiger partial charge in [-0.05, 0) is 49.5 Å². The van der Waals surface area contributed by atoms with Crippen molar-refractivity contribution in [1.29, 1.82) is 0 Å². The highest BCUT2D eigenvalue weighted by Gasteiger charge is 2.12. The third-order valence-corrected chi connectivity index (χ3v) is 4.62. The summed E-state index contributed by atoms with van der Waals surface area (Å²) in [4.78, 5) is 11.7. The van der Waals surface area contributed by atoms with E-state index < -0.39 is 5.97 Å². The van der Waals surface area contributed by atoms with Gasteiger partial charge in [0.15, 0.2) is 5.11 Å². The first-order valence-electron chi connectivity index (χ1n) is 7.71. The van der Waals surface area contributed by atoms with Crippen LogP contribution in [0.4, 0.5) is 5.69 Å². The van der Waals surface area contributed by atoms with E-state index in [2.05, 4.69) is 10.6 Å². The maximum Gasteiger partial charge on any atom is 0.339 e. The standard InChI is InChI=1S/C17H19ClN2O3S2/c1-2-22-16(21)14-6-5-12(10-15(14)18)20-17(24)19-7-9-25-11-13-4-3-8-23-13/h3-6,8,10H,2,7,9,11H2,1H3,(H2,19,20,24). The number of thiocarbonyl (C=S) groups is 1. The minimum Gasteiger partial charge on any atom is -0.468 e. The van der Waals surface area contributed by atoms with Crippen LogP contribution in [-0.4, -0.2) is 30.0 Å². The highest BCUT2D eigenvalue weighted by atomic mass is 35.5. The predicted molar refractivity (Wildman–Crippen MR) is 107 cm³/mol. The molecule has 0 aliphatic carbocycles. The van der Waals surface area contributed by atoms with Crippen LogP contribution in [-0.2, 0) is 10.5 Å². The quantitative estimate of drug-likeness (QED) is 0.389. The molecule has 2 N–H and O–H groups in total. The van der Waals surface area contributed by atoms with E-state index in [1.807, 2.05) is 12.1 Å². The lowest BCUT2D eigenvalue weighted by molar-refractivity contribution is 0.0526. The molecule has 0 atom stereocenters. The van der Waals surface area contributed by atoms with Gasteiger partial charge in [0.05, 0.1) is 29.2 Å². The topological polar surface area (TPSA) is 63.5 Å². The Kier molecular flexibility index (Phi) is 8.11. The van der Waals surface area contributed by atoms with Crippen LogP contribution in [0.5, 0.6) is 0 Å². The molecule has 0 saturated carbocycles. The highest BCUT2D eigenvalue weighted by Crippen LogP contribution is 2.21. The summed E-state index contributed by atoms with van der Waals surface area (Å²) in [6.45, 7) is 2.78. The first-order chi connectivity index (χ1) is 12.1. The van der Waals surface area contributed by atoms with E-state index in [4.69, 9.17) is 33.0 Å². The van der Waals surface area contributed by atoms with Crippen molar-refractivity contribution < 1.29 is 13.9 Å². The fraction of sp³-hybridized carbons (Fsp3) is 0.294. The molecule has 2 aromatic rings. The van der Waals surface area contributed by atoms with Gasteiger partial charge in [0.2, 0.25) is 0 Å². The van der Waals surface area contributed by atoms with Crippen molar-refractivity contribution in [2.45, 2.75) is 12.7 Å². The Bertz CT molecular complexity index is 708. The lowest BCUT2D eigenvalue weighted by Crippen LogP contribution is -2.30. The van der Waals surface area contributed by atoms with Gasteiger partial charge in [-0.25, -0.2) is 4.79 Å². The van der Waals surface area contributed by atoms with Crippen molar-refractivity contribution in [1.82, 2.24) is 5.32 Å². The van der Waals surface area contributed by atoms with Crippen molar-refractivity contribution in [3.8, 4) is 0 Å². The minimum atomic E-state index is -0.437. The summed E-state index contributed by atoms with van der Waals surface area (Å²) < 4.78 is 10.2. The second-order valence-electron chi connectivity index (χ2n) is 4.93. The molecule has 0 fully saturated rings. The molecule has 0 spiro atoms. The number of thioether (sulfide) groups is 1. The van der Waals surface area contributed by atoms with E-state index in [9.17, 15) is 4.79 Å². The SMILES string of the molecule is CCOC(=O)c1ccc(NC(=S)NCCSCc2ccco2)cc1Cl. The predicted octanol–water partition coefficient (Wildman–Crippen LogP) is 4.33. The van der Waals surface area contributed by atoms with E-state index in [1.165, 1.54) is 0 Å². The summed E-state index contributed by atoms with van der Waals surface area (Å²) in [5.74, 6) is 2.25. The van der Waals surface area contributed by atoms with Gasteiger partial charge in [-0.3, -0.25) is 0 Å². The number of carbonyl (C=O) groups is 1. The third kappa shape index (κ3) is 6.61. The monoisotopic (exact) mass is 398 g/mol. The van der Waals surface area contributed by atoms with Gasteiger partial charge in [0.25, 0.3) is 0 Å². The first kappa shape index (κ1) is 19.6. The number of benzene rings is 1. The van der Waals surface area contributed by atoms with Crippen molar-refractivity contribution in [2.75, 3.05) is 24.2 Å². The zero-order valence-electron chi connectivity index (χ0n) is 13.7.